The monoisotopic (exact) mass is 229 g/mol. The number of ether oxygens (including phenoxy) is 2. The first-order valence-electron chi connectivity index (χ1n) is 5.54. The van der Waals surface area contributed by atoms with E-state index >= 15 is 0 Å². The molecule has 3 N–H and O–H groups in total. The van der Waals surface area contributed by atoms with E-state index in [0.717, 1.165) is 12.8 Å². The quantitative estimate of drug-likeness (QED) is 0.651. The summed E-state index contributed by atoms with van der Waals surface area (Å²) in [4.78, 5) is 11.0. The first-order valence-corrected chi connectivity index (χ1v) is 5.54. The zero-order chi connectivity index (χ0) is 12.0. The number of nitrogens with two attached hydrogens (primary N) is 1. The molecular formula is C11H19NO4. The van der Waals surface area contributed by atoms with Gasteiger partial charge in [-0.3, -0.25) is 4.79 Å². The van der Waals surface area contributed by atoms with Crippen LogP contribution < -0.4 is 5.73 Å². The van der Waals surface area contributed by atoms with Gasteiger partial charge in [0.05, 0.1) is 6.61 Å². The zero-order valence-electron chi connectivity index (χ0n) is 9.52. The molecule has 0 aromatic heterocycles. The van der Waals surface area contributed by atoms with Crippen molar-refractivity contribution in [3.05, 3.63) is 11.8 Å². The molecular weight excluding hydrogens is 210 g/mol. The van der Waals surface area contributed by atoms with Crippen molar-refractivity contribution < 1.29 is 19.4 Å². The van der Waals surface area contributed by atoms with Gasteiger partial charge in [0.25, 0.3) is 5.91 Å². The smallest absolute Gasteiger partial charge is 0.283 e. The number of aliphatic hydroxyl groups is 1. The minimum Gasteiger partial charge on any atom is -0.459 e. The van der Waals surface area contributed by atoms with Gasteiger partial charge in [-0.2, -0.15) is 0 Å². The van der Waals surface area contributed by atoms with Crippen molar-refractivity contribution in [1.29, 1.82) is 0 Å². The molecule has 0 radical (unpaired) electrons. The topological polar surface area (TPSA) is 81.8 Å². The maximum absolute atomic E-state index is 11.0. The van der Waals surface area contributed by atoms with E-state index in [1.807, 2.05) is 6.92 Å². The minimum atomic E-state index is -0.560. The van der Waals surface area contributed by atoms with Crippen LogP contribution in [-0.2, 0) is 14.3 Å². The highest BCUT2D eigenvalue weighted by molar-refractivity contribution is 5.89. The van der Waals surface area contributed by atoms with Crippen molar-refractivity contribution in [2.75, 3.05) is 13.2 Å². The summed E-state index contributed by atoms with van der Waals surface area (Å²) in [5.74, 6) is -0.152. The second-order valence-electron chi connectivity index (χ2n) is 3.96. The molecule has 1 aliphatic heterocycles. The average Bonchev–Trinajstić information content (AvgIpc) is 2.23. The summed E-state index contributed by atoms with van der Waals surface area (Å²) in [6.07, 6.45) is 3.52. The fourth-order valence-electron chi connectivity index (χ4n) is 1.53. The first kappa shape index (κ1) is 13.0. The largest absolute Gasteiger partial charge is 0.459 e. The molecule has 1 rings (SSSR count). The maximum Gasteiger partial charge on any atom is 0.283 e. The molecule has 5 heteroatoms. The van der Waals surface area contributed by atoms with Crippen LogP contribution in [-0.4, -0.2) is 30.5 Å². The Morgan fingerprint density at radius 3 is 3.06 bits per heavy atom. The number of carbonyl (C=O) groups excluding carboxylic acids is 1. The van der Waals surface area contributed by atoms with Crippen molar-refractivity contribution in [1.82, 2.24) is 0 Å². The summed E-state index contributed by atoms with van der Waals surface area (Å²) in [5.41, 5.74) is 5.15. The lowest BCUT2D eigenvalue weighted by molar-refractivity contribution is -0.146. The molecule has 0 fully saturated rings. The van der Waals surface area contributed by atoms with Gasteiger partial charge in [-0.25, -0.2) is 0 Å². The highest BCUT2D eigenvalue weighted by Gasteiger charge is 2.23. The Balaban J connectivity index is 2.34. The van der Waals surface area contributed by atoms with E-state index in [1.54, 1.807) is 6.08 Å². The molecule has 0 aliphatic carbocycles. The van der Waals surface area contributed by atoms with E-state index in [4.69, 9.17) is 20.3 Å². The second-order valence-corrected chi connectivity index (χ2v) is 3.96. The third-order valence-electron chi connectivity index (χ3n) is 2.36. The van der Waals surface area contributed by atoms with Crippen molar-refractivity contribution >= 4 is 5.91 Å². The molecule has 0 bridgehead atoms. The number of unbranched alkanes of at least 4 members (excludes halogenated alkanes) is 1. The summed E-state index contributed by atoms with van der Waals surface area (Å²) in [7, 11) is 0. The number of aliphatic hydroxyl groups excluding tert-OH is 1. The van der Waals surface area contributed by atoms with Gasteiger partial charge in [-0.15, -0.1) is 0 Å². The lowest BCUT2D eigenvalue weighted by Crippen LogP contribution is -2.29. The van der Waals surface area contributed by atoms with Gasteiger partial charge in [-0.05, 0) is 24.8 Å². The Hall–Kier alpha value is -1.07. The first-order chi connectivity index (χ1) is 7.63. The molecule has 1 amide bonds. The molecule has 1 heterocycles. The molecule has 0 unspecified atom stereocenters. The SMILES string of the molecule is C[C@H]1C=C(C(N)=O)O[C@@H](OCCCCO)C1. The lowest BCUT2D eigenvalue weighted by atomic mass is 10.0. The van der Waals surface area contributed by atoms with Crippen LogP contribution in [0, 0.1) is 5.92 Å². The molecule has 0 aromatic carbocycles. The number of hydrogen-bond acceptors (Lipinski definition) is 4. The van der Waals surface area contributed by atoms with Crippen LogP contribution in [0.2, 0.25) is 0 Å². The van der Waals surface area contributed by atoms with Crippen molar-refractivity contribution in [2.45, 2.75) is 32.5 Å². The van der Waals surface area contributed by atoms with Crippen molar-refractivity contribution in [3.63, 3.8) is 0 Å². The minimum absolute atomic E-state index is 0.164. The van der Waals surface area contributed by atoms with Crippen LogP contribution in [0.4, 0.5) is 0 Å². The Labute approximate surface area is 95.2 Å². The van der Waals surface area contributed by atoms with Gasteiger partial charge in [0.15, 0.2) is 5.76 Å². The summed E-state index contributed by atoms with van der Waals surface area (Å²) in [6.45, 7) is 2.66. The number of allylic oxidation sites excluding steroid dienone is 1. The van der Waals surface area contributed by atoms with E-state index < -0.39 is 12.2 Å². The van der Waals surface area contributed by atoms with Crippen LogP contribution in [0.25, 0.3) is 0 Å². The summed E-state index contributed by atoms with van der Waals surface area (Å²) < 4.78 is 10.8. The molecule has 92 valence electrons. The lowest BCUT2D eigenvalue weighted by Gasteiger charge is -2.26. The Morgan fingerprint density at radius 1 is 1.69 bits per heavy atom. The number of rotatable bonds is 6. The highest BCUT2D eigenvalue weighted by atomic mass is 16.7. The highest BCUT2D eigenvalue weighted by Crippen LogP contribution is 2.22. The molecule has 16 heavy (non-hydrogen) atoms. The Morgan fingerprint density at radius 2 is 2.44 bits per heavy atom. The van der Waals surface area contributed by atoms with Gasteiger partial charge in [0, 0.05) is 13.0 Å². The van der Waals surface area contributed by atoms with Crippen molar-refractivity contribution in [3.8, 4) is 0 Å². The summed E-state index contributed by atoms with van der Waals surface area (Å²) >= 11 is 0. The number of primary amides is 1. The van der Waals surface area contributed by atoms with Crippen LogP contribution in [0.3, 0.4) is 0 Å². The Kier molecular flexibility index (Phi) is 5.28. The standard InChI is InChI=1S/C11H19NO4/c1-8-6-9(11(12)14)16-10(7-8)15-5-3-2-4-13/h6,8,10,13H,2-5,7H2,1H3,(H2,12,14)/t8-,10+/m0/s1. The third-order valence-corrected chi connectivity index (χ3v) is 2.36. The van der Waals surface area contributed by atoms with E-state index in [9.17, 15) is 4.79 Å². The molecule has 0 aromatic rings. The molecule has 0 spiro atoms. The fourth-order valence-corrected chi connectivity index (χ4v) is 1.53. The zero-order valence-corrected chi connectivity index (χ0v) is 9.52. The number of hydrogen-bond donors (Lipinski definition) is 2. The van der Waals surface area contributed by atoms with E-state index in [2.05, 4.69) is 0 Å². The van der Waals surface area contributed by atoms with E-state index in [-0.39, 0.29) is 18.3 Å². The number of amides is 1. The molecule has 0 saturated heterocycles. The normalized spacial score (nSPS) is 24.8. The third kappa shape index (κ3) is 4.20. The summed E-state index contributed by atoms with van der Waals surface area (Å²) in [5, 5.41) is 8.60. The van der Waals surface area contributed by atoms with Crippen molar-refractivity contribution in [2.24, 2.45) is 11.7 Å². The van der Waals surface area contributed by atoms with Gasteiger partial charge in [-0.1, -0.05) is 6.92 Å². The van der Waals surface area contributed by atoms with Gasteiger partial charge in [0.2, 0.25) is 6.29 Å². The van der Waals surface area contributed by atoms with E-state index in [1.165, 1.54) is 0 Å². The molecule has 0 saturated carbocycles. The van der Waals surface area contributed by atoms with Crippen LogP contribution >= 0.6 is 0 Å². The molecule has 2 atom stereocenters. The van der Waals surface area contributed by atoms with Gasteiger partial charge >= 0.3 is 0 Å². The maximum atomic E-state index is 11.0. The molecule has 1 aliphatic rings. The van der Waals surface area contributed by atoms with Gasteiger partial charge in [0.1, 0.15) is 0 Å². The summed E-state index contributed by atoms with van der Waals surface area (Å²) in [6, 6.07) is 0. The van der Waals surface area contributed by atoms with Crippen LogP contribution in [0.1, 0.15) is 26.2 Å². The molecule has 5 nitrogen and oxygen atoms in total. The predicted molar refractivity (Wildman–Crippen MR) is 58.2 cm³/mol. The van der Waals surface area contributed by atoms with Crippen LogP contribution in [0.15, 0.2) is 11.8 Å². The number of carbonyl (C=O) groups is 1. The average molecular weight is 229 g/mol. The van der Waals surface area contributed by atoms with Crippen LogP contribution in [0.5, 0.6) is 0 Å². The van der Waals surface area contributed by atoms with E-state index in [0.29, 0.717) is 13.0 Å². The second kappa shape index (κ2) is 6.50. The predicted octanol–water partition coefficient (Wildman–Crippen LogP) is 0.527. The van der Waals surface area contributed by atoms with Gasteiger partial charge < -0.3 is 20.3 Å². The Bertz CT molecular complexity index is 265. The fraction of sp³-hybridized carbons (Fsp3) is 0.727.